The predicted octanol–water partition coefficient (Wildman–Crippen LogP) is 4.49. The van der Waals surface area contributed by atoms with Crippen molar-refractivity contribution in [1.82, 2.24) is 0 Å². The summed E-state index contributed by atoms with van der Waals surface area (Å²) in [5.74, 6) is 0.557. The van der Waals surface area contributed by atoms with E-state index in [0.717, 1.165) is 11.3 Å². The van der Waals surface area contributed by atoms with Gasteiger partial charge in [-0.1, -0.05) is 19.1 Å². The first-order valence-corrected chi connectivity index (χ1v) is 6.36. The van der Waals surface area contributed by atoms with E-state index in [1.165, 1.54) is 20.5 Å². The van der Waals surface area contributed by atoms with Crippen molar-refractivity contribution < 1.29 is 0 Å². The number of fused-ring (bicyclic) bond motifs is 1. The first-order valence-electron chi connectivity index (χ1n) is 4.56. The number of hydrogen-bond acceptors (Lipinski definition) is 2. The van der Waals surface area contributed by atoms with E-state index in [1.54, 1.807) is 11.3 Å². The molecule has 0 aliphatic rings. The Bertz CT molecular complexity index is 460. The van der Waals surface area contributed by atoms with Crippen LogP contribution in [0.2, 0.25) is 0 Å². The van der Waals surface area contributed by atoms with Gasteiger partial charge in [-0.3, -0.25) is 0 Å². The van der Waals surface area contributed by atoms with E-state index >= 15 is 0 Å². The molecule has 2 aromatic rings. The molecule has 0 fully saturated rings. The molecule has 0 bridgehead atoms. The SMILES string of the molecule is CCc1cccc2sc(CCl)c(S)c12. The standard InChI is InChI=1S/C11H11ClS2/c1-2-7-4-3-5-8-10(7)11(13)9(6-12)14-8/h3-5,13H,2,6H2,1H3. The molecular weight excluding hydrogens is 232 g/mol. The Morgan fingerprint density at radius 1 is 1.43 bits per heavy atom. The van der Waals surface area contributed by atoms with Gasteiger partial charge >= 0.3 is 0 Å². The fourth-order valence-corrected chi connectivity index (χ4v) is 3.58. The first-order chi connectivity index (χ1) is 6.77. The van der Waals surface area contributed by atoms with Crippen LogP contribution >= 0.6 is 35.6 Å². The van der Waals surface area contributed by atoms with E-state index in [4.69, 9.17) is 11.6 Å². The zero-order chi connectivity index (χ0) is 10.1. The van der Waals surface area contributed by atoms with Crippen LogP contribution in [0.3, 0.4) is 0 Å². The Labute approximate surface area is 98.3 Å². The molecule has 0 atom stereocenters. The van der Waals surface area contributed by atoms with Crippen LogP contribution in [0, 0.1) is 0 Å². The van der Waals surface area contributed by atoms with Crippen LogP contribution < -0.4 is 0 Å². The van der Waals surface area contributed by atoms with Crippen LogP contribution in [-0.2, 0) is 12.3 Å². The van der Waals surface area contributed by atoms with Gasteiger partial charge in [0.2, 0.25) is 0 Å². The van der Waals surface area contributed by atoms with Crippen molar-refractivity contribution in [1.29, 1.82) is 0 Å². The minimum absolute atomic E-state index is 0.557. The van der Waals surface area contributed by atoms with Gasteiger partial charge in [-0.2, -0.15) is 0 Å². The van der Waals surface area contributed by atoms with E-state index in [2.05, 4.69) is 37.8 Å². The maximum atomic E-state index is 5.86. The first kappa shape index (κ1) is 10.3. The molecule has 0 N–H and O–H groups in total. The van der Waals surface area contributed by atoms with Gasteiger partial charge in [-0.15, -0.1) is 35.6 Å². The summed E-state index contributed by atoms with van der Waals surface area (Å²) in [4.78, 5) is 2.24. The van der Waals surface area contributed by atoms with E-state index in [0.29, 0.717) is 5.88 Å². The Hall–Kier alpha value is -0.180. The van der Waals surface area contributed by atoms with Crippen molar-refractivity contribution in [2.75, 3.05) is 0 Å². The van der Waals surface area contributed by atoms with Crippen LogP contribution in [0.1, 0.15) is 17.4 Å². The Morgan fingerprint density at radius 2 is 2.21 bits per heavy atom. The third-order valence-corrected chi connectivity index (χ3v) is 4.57. The molecule has 3 heteroatoms. The zero-order valence-electron chi connectivity index (χ0n) is 7.88. The van der Waals surface area contributed by atoms with Gasteiger partial charge in [0.25, 0.3) is 0 Å². The van der Waals surface area contributed by atoms with Crippen LogP contribution in [-0.4, -0.2) is 0 Å². The van der Waals surface area contributed by atoms with Crippen molar-refractivity contribution in [3.63, 3.8) is 0 Å². The molecule has 0 aliphatic heterocycles. The molecule has 0 aliphatic carbocycles. The van der Waals surface area contributed by atoms with E-state index in [1.807, 2.05) is 0 Å². The van der Waals surface area contributed by atoms with Gasteiger partial charge in [0.15, 0.2) is 0 Å². The van der Waals surface area contributed by atoms with E-state index in [9.17, 15) is 0 Å². The lowest BCUT2D eigenvalue weighted by Crippen LogP contribution is -1.80. The molecule has 14 heavy (non-hydrogen) atoms. The predicted molar refractivity (Wildman–Crippen MR) is 68.0 cm³/mol. The number of halogens is 1. The molecular formula is C11H11ClS2. The second-order valence-corrected chi connectivity index (χ2v) is 5.00. The number of thiol groups is 1. The largest absolute Gasteiger partial charge is 0.142 e. The minimum Gasteiger partial charge on any atom is -0.142 e. The van der Waals surface area contributed by atoms with Crippen LogP contribution in [0.15, 0.2) is 23.1 Å². The summed E-state index contributed by atoms with van der Waals surface area (Å²) in [7, 11) is 0. The van der Waals surface area contributed by atoms with Gasteiger partial charge in [-0.05, 0) is 18.1 Å². The number of benzene rings is 1. The summed E-state index contributed by atoms with van der Waals surface area (Å²) >= 11 is 12.2. The van der Waals surface area contributed by atoms with Gasteiger partial charge in [0.1, 0.15) is 0 Å². The third kappa shape index (κ3) is 1.56. The monoisotopic (exact) mass is 242 g/mol. The molecule has 0 unspecified atom stereocenters. The highest BCUT2D eigenvalue weighted by molar-refractivity contribution is 7.80. The van der Waals surface area contributed by atoms with Crippen molar-refractivity contribution in [3.8, 4) is 0 Å². The normalized spacial score (nSPS) is 11.1. The molecule has 0 saturated carbocycles. The summed E-state index contributed by atoms with van der Waals surface area (Å²) in [5, 5.41) is 1.29. The maximum absolute atomic E-state index is 5.86. The highest BCUT2D eigenvalue weighted by Crippen LogP contribution is 2.37. The van der Waals surface area contributed by atoms with Gasteiger partial charge in [-0.25, -0.2) is 0 Å². The molecule has 2 rings (SSSR count). The second kappa shape index (κ2) is 4.13. The second-order valence-electron chi connectivity index (χ2n) is 3.15. The molecule has 1 aromatic heterocycles. The minimum atomic E-state index is 0.557. The summed E-state index contributed by atoms with van der Waals surface area (Å²) in [6.07, 6.45) is 1.04. The lowest BCUT2D eigenvalue weighted by Gasteiger charge is -1.99. The van der Waals surface area contributed by atoms with Gasteiger partial charge < -0.3 is 0 Å². The van der Waals surface area contributed by atoms with Crippen molar-refractivity contribution in [3.05, 3.63) is 28.6 Å². The molecule has 74 valence electrons. The van der Waals surface area contributed by atoms with E-state index < -0.39 is 0 Å². The lowest BCUT2D eigenvalue weighted by atomic mass is 10.1. The number of hydrogen-bond donors (Lipinski definition) is 1. The molecule has 0 spiro atoms. The number of thiophene rings is 1. The zero-order valence-corrected chi connectivity index (χ0v) is 10.3. The Morgan fingerprint density at radius 3 is 2.86 bits per heavy atom. The summed E-state index contributed by atoms with van der Waals surface area (Å²) < 4.78 is 1.30. The van der Waals surface area contributed by atoms with Crippen LogP contribution in [0.25, 0.3) is 10.1 Å². The summed E-state index contributed by atoms with van der Waals surface area (Å²) in [6, 6.07) is 6.39. The molecule has 0 radical (unpaired) electrons. The van der Waals surface area contributed by atoms with Crippen LogP contribution in [0.4, 0.5) is 0 Å². The average molecular weight is 243 g/mol. The van der Waals surface area contributed by atoms with Gasteiger partial charge in [0.05, 0.1) is 5.88 Å². The Balaban J connectivity index is 2.79. The molecule has 0 amide bonds. The maximum Gasteiger partial charge on any atom is 0.0579 e. The van der Waals surface area contributed by atoms with Gasteiger partial charge in [0, 0.05) is 19.9 Å². The number of aryl methyl sites for hydroxylation is 1. The highest BCUT2D eigenvalue weighted by Gasteiger charge is 2.10. The highest BCUT2D eigenvalue weighted by atomic mass is 35.5. The third-order valence-electron chi connectivity index (χ3n) is 2.35. The summed E-state index contributed by atoms with van der Waals surface area (Å²) in [5.41, 5.74) is 1.36. The number of rotatable bonds is 2. The van der Waals surface area contributed by atoms with Crippen molar-refractivity contribution >= 4 is 45.7 Å². The average Bonchev–Trinajstić information content (AvgIpc) is 2.55. The topological polar surface area (TPSA) is 0 Å². The summed E-state index contributed by atoms with van der Waals surface area (Å²) in [6.45, 7) is 2.17. The molecule has 0 saturated heterocycles. The number of alkyl halides is 1. The smallest absolute Gasteiger partial charge is 0.0579 e. The molecule has 1 heterocycles. The molecule has 0 nitrogen and oxygen atoms in total. The van der Waals surface area contributed by atoms with E-state index in [-0.39, 0.29) is 0 Å². The fraction of sp³-hybridized carbons (Fsp3) is 0.273. The fourth-order valence-electron chi connectivity index (χ4n) is 1.64. The quantitative estimate of drug-likeness (QED) is 0.582. The Kier molecular flexibility index (Phi) is 3.05. The lowest BCUT2D eigenvalue weighted by molar-refractivity contribution is 1.15. The van der Waals surface area contributed by atoms with Crippen molar-refractivity contribution in [2.24, 2.45) is 0 Å². The molecule has 1 aromatic carbocycles. The van der Waals surface area contributed by atoms with Crippen LogP contribution in [0.5, 0.6) is 0 Å². The van der Waals surface area contributed by atoms with Crippen molar-refractivity contribution in [2.45, 2.75) is 24.1 Å².